The van der Waals surface area contributed by atoms with Crippen molar-refractivity contribution < 1.29 is 24.5 Å². The molecule has 0 fully saturated rings. The smallest absolute Gasteiger partial charge is 0.306 e. The first kappa shape index (κ1) is 65.9. The monoisotopic (exact) mass is 948 g/mol. The number of aliphatic hydroxyl groups is 2. The van der Waals surface area contributed by atoms with Gasteiger partial charge in [-0.05, 0) is 25.7 Å². The molecule has 0 aromatic heterocycles. The van der Waals surface area contributed by atoms with Crippen LogP contribution in [0.3, 0.4) is 0 Å². The number of aliphatic hydroxyl groups excluding tert-OH is 2. The van der Waals surface area contributed by atoms with Crippen LogP contribution in [0.5, 0.6) is 0 Å². The molecule has 0 radical (unpaired) electrons. The van der Waals surface area contributed by atoms with Crippen molar-refractivity contribution in [2.75, 3.05) is 6.61 Å². The molecule has 0 aliphatic rings. The maximum Gasteiger partial charge on any atom is 0.306 e. The van der Waals surface area contributed by atoms with Gasteiger partial charge in [-0.15, -0.1) is 0 Å². The summed E-state index contributed by atoms with van der Waals surface area (Å²) in [5.74, 6) is -0.441. The Balaban J connectivity index is 4.48. The molecule has 0 aliphatic heterocycles. The van der Waals surface area contributed by atoms with Crippen molar-refractivity contribution in [3.63, 3.8) is 0 Å². The maximum atomic E-state index is 13.3. The SMILES string of the molecule is CCCCCCCCCCCCCCCCCCCC(=O)OC(CCCCCCCCCCCCCCCCCCC)CC(=O)NC(CO)C(O)CCCCCCCCCCCCCCCC. The van der Waals surface area contributed by atoms with Crippen LogP contribution in [-0.2, 0) is 14.3 Å². The minimum atomic E-state index is -0.780. The molecule has 0 saturated carbocycles. The highest BCUT2D eigenvalue weighted by Crippen LogP contribution is 2.20. The van der Waals surface area contributed by atoms with Crippen LogP contribution < -0.4 is 5.32 Å². The van der Waals surface area contributed by atoms with Crippen molar-refractivity contribution >= 4 is 11.9 Å². The molecule has 3 atom stereocenters. The van der Waals surface area contributed by atoms with Gasteiger partial charge in [0, 0.05) is 6.42 Å². The molecule has 0 rings (SSSR count). The van der Waals surface area contributed by atoms with Crippen LogP contribution in [0.4, 0.5) is 0 Å². The second-order valence-electron chi connectivity index (χ2n) is 21.5. The van der Waals surface area contributed by atoms with Gasteiger partial charge in [0.1, 0.15) is 6.10 Å². The predicted molar refractivity (Wildman–Crippen MR) is 292 cm³/mol. The van der Waals surface area contributed by atoms with Gasteiger partial charge in [-0.2, -0.15) is 0 Å². The number of carbonyl (C=O) groups excluding carboxylic acids is 2. The molecule has 0 aromatic rings. The molecule has 400 valence electrons. The summed E-state index contributed by atoms with van der Waals surface area (Å²) < 4.78 is 5.99. The summed E-state index contributed by atoms with van der Waals surface area (Å²) in [7, 11) is 0. The van der Waals surface area contributed by atoms with E-state index in [1.165, 1.54) is 270 Å². The maximum absolute atomic E-state index is 13.3. The lowest BCUT2D eigenvalue weighted by Gasteiger charge is -2.24. The normalized spacial score (nSPS) is 13.0. The lowest BCUT2D eigenvalue weighted by Crippen LogP contribution is -2.46. The highest BCUT2D eigenvalue weighted by molar-refractivity contribution is 5.77. The number of esters is 1. The number of unbranched alkanes of at least 4 members (excludes halogenated alkanes) is 45. The van der Waals surface area contributed by atoms with Crippen LogP contribution in [0.25, 0.3) is 0 Å². The van der Waals surface area contributed by atoms with Gasteiger partial charge in [0.15, 0.2) is 0 Å². The summed E-state index contributed by atoms with van der Waals surface area (Å²) in [4.78, 5) is 26.3. The highest BCUT2D eigenvalue weighted by atomic mass is 16.5. The Bertz CT molecular complexity index is 975. The van der Waals surface area contributed by atoms with Crippen LogP contribution >= 0.6 is 0 Å². The van der Waals surface area contributed by atoms with Gasteiger partial charge in [-0.25, -0.2) is 0 Å². The van der Waals surface area contributed by atoms with Crippen LogP contribution in [0.1, 0.15) is 355 Å². The summed E-state index contributed by atoms with van der Waals surface area (Å²) in [5.41, 5.74) is 0. The summed E-state index contributed by atoms with van der Waals surface area (Å²) in [6.45, 7) is 6.55. The molecule has 6 heteroatoms. The molecule has 0 heterocycles. The third kappa shape index (κ3) is 51.0. The van der Waals surface area contributed by atoms with Crippen LogP contribution in [0, 0.1) is 0 Å². The molecule has 0 bridgehead atoms. The third-order valence-corrected chi connectivity index (χ3v) is 14.7. The number of nitrogens with one attached hydrogen (secondary N) is 1. The molecule has 3 N–H and O–H groups in total. The van der Waals surface area contributed by atoms with Crippen molar-refractivity contribution in [1.82, 2.24) is 5.32 Å². The molecular weight excluding hydrogens is 827 g/mol. The first-order valence-electron chi connectivity index (χ1n) is 30.8. The van der Waals surface area contributed by atoms with E-state index in [9.17, 15) is 19.8 Å². The molecule has 0 aliphatic carbocycles. The first-order chi connectivity index (χ1) is 33.0. The lowest BCUT2D eigenvalue weighted by molar-refractivity contribution is -0.151. The Hall–Kier alpha value is -1.14. The zero-order chi connectivity index (χ0) is 48.8. The molecular formula is C61H121NO5. The van der Waals surface area contributed by atoms with Crippen molar-refractivity contribution in [1.29, 1.82) is 0 Å². The Morgan fingerprint density at radius 3 is 0.910 bits per heavy atom. The number of rotatable bonds is 57. The van der Waals surface area contributed by atoms with E-state index in [4.69, 9.17) is 4.74 Å². The van der Waals surface area contributed by atoms with Crippen LogP contribution in [0.15, 0.2) is 0 Å². The average molecular weight is 949 g/mol. The zero-order valence-corrected chi connectivity index (χ0v) is 45.8. The largest absolute Gasteiger partial charge is 0.462 e. The van der Waals surface area contributed by atoms with Gasteiger partial charge in [0.05, 0.1) is 25.2 Å². The highest BCUT2D eigenvalue weighted by Gasteiger charge is 2.24. The van der Waals surface area contributed by atoms with Gasteiger partial charge in [-0.3, -0.25) is 9.59 Å². The van der Waals surface area contributed by atoms with E-state index in [0.717, 1.165) is 38.5 Å². The molecule has 0 saturated heterocycles. The van der Waals surface area contributed by atoms with Gasteiger partial charge < -0.3 is 20.3 Å². The van der Waals surface area contributed by atoms with E-state index in [1.807, 2.05) is 0 Å². The van der Waals surface area contributed by atoms with Gasteiger partial charge >= 0.3 is 5.97 Å². The average Bonchev–Trinajstić information content (AvgIpc) is 3.32. The topological polar surface area (TPSA) is 95.9 Å². The first-order valence-corrected chi connectivity index (χ1v) is 30.8. The summed E-state index contributed by atoms with van der Waals surface area (Å²) in [5, 5.41) is 23.9. The molecule has 1 amide bonds. The molecule has 3 unspecified atom stereocenters. The van der Waals surface area contributed by atoms with Crippen LogP contribution in [-0.4, -0.2) is 46.9 Å². The molecule has 67 heavy (non-hydrogen) atoms. The quantitative estimate of drug-likeness (QED) is 0.0417. The Labute approximate surface area is 419 Å². The lowest BCUT2D eigenvalue weighted by atomic mass is 10.0. The van der Waals surface area contributed by atoms with Crippen molar-refractivity contribution in [2.24, 2.45) is 0 Å². The van der Waals surface area contributed by atoms with E-state index < -0.39 is 18.2 Å². The Kier molecular flexibility index (Phi) is 54.8. The summed E-state index contributed by atoms with van der Waals surface area (Å²) in [6.07, 6.45) is 63.2. The second kappa shape index (κ2) is 55.8. The van der Waals surface area contributed by atoms with Crippen molar-refractivity contribution in [2.45, 2.75) is 373 Å². The Morgan fingerprint density at radius 2 is 0.627 bits per heavy atom. The predicted octanol–water partition coefficient (Wildman–Crippen LogP) is 19.1. The number of ether oxygens (including phenoxy) is 1. The Morgan fingerprint density at radius 1 is 0.373 bits per heavy atom. The van der Waals surface area contributed by atoms with E-state index in [-0.39, 0.29) is 24.9 Å². The summed E-state index contributed by atoms with van der Waals surface area (Å²) in [6, 6.07) is -0.693. The second-order valence-corrected chi connectivity index (χ2v) is 21.5. The fourth-order valence-corrected chi connectivity index (χ4v) is 10.0. The van der Waals surface area contributed by atoms with E-state index in [1.54, 1.807) is 0 Å². The molecule has 0 aromatic carbocycles. The summed E-state index contributed by atoms with van der Waals surface area (Å²) >= 11 is 0. The number of amides is 1. The van der Waals surface area contributed by atoms with E-state index in [0.29, 0.717) is 19.3 Å². The number of hydrogen-bond acceptors (Lipinski definition) is 5. The number of hydrogen-bond donors (Lipinski definition) is 3. The molecule has 6 nitrogen and oxygen atoms in total. The van der Waals surface area contributed by atoms with Crippen LogP contribution in [0.2, 0.25) is 0 Å². The van der Waals surface area contributed by atoms with Gasteiger partial charge in [0.25, 0.3) is 0 Å². The standard InChI is InChI=1S/C61H121NO5/c1-4-7-10-13-16-19-22-25-28-30-32-34-37-40-43-46-49-52-57(67-61(66)54-51-48-45-42-39-36-33-31-29-26-23-20-17-14-11-8-5-2)55-60(65)62-58(56-63)59(64)53-50-47-44-41-38-35-27-24-21-18-15-12-9-6-3/h57-59,63-64H,4-56H2,1-3H3,(H,62,65). The third-order valence-electron chi connectivity index (χ3n) is 14.7. The fraction of sp³-hybridized carbons (Fsp3) is 0.967. The fourth-order valence-electron chi connectivity index (χ4n) is 10.0. The van der Waals surface area contributed by atoms with Gasteiger partial charge in [-0.1, -0.05) is 316 Å². The number of carbonyl (C=O) groups is 2. The van der Waals surface area contributed by atoms with Gasteiger partial charge in [0.2, 0.25) is 5.91 Å². The van der Waals surface area contributed by atoms with Crippen molar-refractivity contribution in [3.05, 3.63) is 0 Å². The van der Waals surface area contributed by atoms with Crippen molar-refractivity contribution in [3.8, 4) is 0 Å². The minimum Gasteiger partial charge on any atom is -0.462 e. The molecule has 0 spiro atoms. The van der Waals surface area contributed by atoms with E-state index in [2.05, 4.69) is 26.1 Å². The minimum absolute atomic E-state index is 0.0890. The van der Waals surface area contributed by atoms with E-state index >= 15 is 0 Å². The zero-order valence-electron chi connectivity index (χ0n) is 45.8.